The third-order valence-electron chi connectivity index (χ3n) is 4.42. The van der Waals surface area contributed by atoms with Crippen LogP contribution in [0.2, 0.25) is 0 Å². The summed E-state index contributed by atoms with van der Waals surface area (Å²) in [6.45, 7) is 11.3. The molecule has 0 bridgehead atoms. The highest BCUT2D eigenvalue weighted by Gasteiger charge is 2.13. The van der Waals surface area contributed by atoms with Gasteiger partial charge in [0, 0.05) is 38.9 Å². The van der Waals surface area contributed by atoms with E-state index >= 15 is 0 Å². The summed E-state index contributed by atoms with van der Waals surface area (Å²) in [4.78, 5) is 4.88. The van der Waals surface area contributed by atoms with Crippen molar-refractivity contribution >= 4 is 5.69 Å². The molecule has 3 nitrogen and oxygen atoms in total. The largest absolute Gasteiger partial charge is 0.374 e. The number of hydrogen-bond donors (Lipinski definition) is 1. The van der Waals surface area contributed by atoms with Crippen LogP contribution in [0.1, 0.15) is 37.8 Å². The molecule has 0 saturated carbocycles. The summed E-state index contributed by atoms with van der Waals surface area (Å²) in [5.74, 6) is 0. The maximum atomic E-state index is 3.59. The number of anilines is 1. The zero-order valence-corrected chi connectivity index (χ0v) is 14.0. The molecule has 1 aromatic carbocycles. The van der Waals surface area contributed by atoms with Gasteiger partial charge in [-0.2, -0.15) is 0 Å². The Morgan fingerprint density at radius 3 is 2.86 bits per heavy atom. The molecular formula is C18H31N3. The fraction of sp³-hybridized carbons (Fsp3) is 0.667. The molecule has 0 atom stereocenters. The molecule has 0 saturated heterocycles. The molecule has 0 radical (unpaired) electrons. The highest BCUT2D eigenvalue weighted by molar-refractivity contribution is 5.56. The van der Waals surface area contributed by atoms with E-state index in [0.717, 1.165) is 26.2 Å². The van der Waals surface area contributed by atoms with Crippen LogP contribution in [0.25, 0.3) is 0 Å². The lowest BCUT2D eigenvalue weighted by Crippen LogP contribution is -2.32. The zero-order valence-electron chi connectivity index (χ0n) is 14.0. The maximum absolute atomic E-state index is 3.59. The van der Waals surface area contributed by atoms with Gasteiger partial charge in [-0.25, -0.2) is 0 Å². The highest BCUT2D eigenvalue weighted by atomic mass is 15.1. The third-order valence-corrected chi connectivity index (χ3v) is 4.42. The molecule has 0 unspecified atom stereocenters. The van der Waals surface area contributed by atoms with Crippen LogP contribution in [0.4, 0.5) is 5.69 Å². The van der Waals surface area contributed by atoms with E-state index in [-0.39, 0.29) is 0 Å². The SMILES string of the molecule is CCCN(CC)CCNCc1ccc2c(c1)CCCN2C. The van der Waals surface area contributed by atoms with Crippen molar-refractivity contribution in [1.29, 1.82) is 0 Å². The van der Waals surface area contributed by atoms with Gasteiger partial charge >= 0.3 is 0 Å². The summed E-state index contributed by atoms with van der Waals surface area (Å²) < 4.78 is 0. The van der Waals surface area contributed by atoms with Crippen molar-refractivity contribution in [3.05, 3.63) is 29.3 Å². The van der Waals surface area contributed by atoms with Gasteiger partial charge in [0.05, 0.1) is 0 Å². The smallest absolute Gasteiger partial charge is 0.0396 e. The minimum absolute atomic E-state index is 0.987. The molecule has 2 rings (SSSR count). The second-order valence-electron chi connectivity index (χ2n) is 6.10. The number of hydrogen-bond acceptors (Lipinski definition) is 3. The number of rotatable bonds is 8. The molecule has 1 N–H and O–H groups in total. The van der Waals surface area contributed by atoms with Crippen molar-refractivity contribution in [1.82, 2.24) is 10.2 Å². The number of nitrogens with zero attached hydrogens (tertiary/aromatic N) is 2. The topological polar surface area (TPSA) is 18.5 Å². The van der Waals surface area contributed by atoms with E-state index in [9.17, 15) is 0 Å². The van der Waals surface area contributed by atoms with Gasteiger partial charge in [-0.05, 0) is 49.5 Å². The Hall–Kier alpha value is -1.06. The van der Waals surface area contributed by atoms with Gasteiger partial charge in [-0.1, -0.05) is 26.0 Å². The van der Waals surface area contributed by atoms with Gasteiger partial charge in [0.1, 0.15) is 0 Å². The van der Waals surface area contributed by atoms with Crippen LogP contribution in [0, 0.1) is 0 Å². The summed E-state index contributed by atoms with van der Waals surface area (Å²) in [5.41, 5.74) is 4.36. The monoisotopic (exact) mass is 289 g/mol. The minimum atomic E-state index is 0.987. The minimum Gasteiger partial charge on any atom is -0.374 e. The first-order valence-electron chi connectivity index (χ1n) is 8.50. The standard InChI is InChI=1S/C18H31N3/c1-4-11-21(5-2)13-10-19-15-16-8-9-18-17(14-16)7-6-12-20(18)3/h8-9,14,19H,4-7,10-13,15H2,1-3H3. The Morgan fingerprint density at radius 2 is 2.10 bits per heavy atom. The fourth-order valence-corrected chi connectivity index (χ4v) is 3.16. The molecule has 1 aromatic rings. The number of benzene rings is 1. The van der Waals surface area contributed by atoms with Gasteiger partial charge in [0.15, 0.2) is 0 Å². The van der Waals surface area contributed by atoms with Crippen LogP contribution < -0.4 is 10.2 Å². The average Bonchev–Trinajstić information content (AvgIpc) is 2.50. The Labute approximate surface area is 130 Å². The predicted octanol–water partition coefficient (Wildman–Crippen LogP) is 2.89. The van der Waals surface area contributed by atoms with Crippen molar-refractivity contribution in [3.8, 4) is 0 Å². The molecule has 0 aliphatic carbocycles. The lowest BCUT2D eigenvalue weighted by molar-refractivity contribution is 0.287. The van der Waals surface area contributed by atoms with E-state index in [1.54, 1.807) is 0 Å². The second-order valence-corrected chi connectivity index (χ2v) is 6.10. The first-order chi connectivity index (χ1) is 10.2. The van der Waals surface area contributed by atoms with Gasteiger partial charge < -0.3 is 15.1 Å². The van der Waals surface area contributed by atoms with Gasteiger partial charge in [-0.3, -0.25) is 0 Å². The van der Waals surface area contributed by atoms with E-state index in [0.29, 0.717) is 0 Å². The number of fused-ring (bicyclic) bond motifs is 1. The molecule has 1 aliphatic heterocycles. The summed E-state index contributed by atoms with van der Waals surface area (Å²) in [6.07, 6.45) is 3.75. The van der Waals surface area contributed by atoms with Crippen LogP contribution in [-0.4, -0.2) is 44.7 Å². The quantitative estimate of drug-likeness (QED) is 0.742. The van der Waals surface area contributed by atoms with Gasteiger partial charge in [-0.15, -0.1) is 0 Å². The lowest BCUT2D eigenvalue weighted by Gasteiger charge is -2.28. The van der Waals surface area contributed by atoms with Crippen molar-refractivity contribution in [2.24, 2.45) is 0 Å². The summed E-state index contributed by atoms with van der Waals surface area (Å²) in [7, 11) is 2.20. The molecule has 21 heavy (non-hydrogen) atoms. The van der Waals surface area contributed by atoms with E-state index < -0.39 is 0 Å². The Bertz CT molecular complexity index is 430. The predicted molar refractivity (Wildman–Crippen MR) is 92.1 cm³/mol. The van der Waals surface area contributed by atoms with Crippen LogP contribution in [0.5, 0.6) is 0 Å². The summed E-state index contributed by atoms with van der Waals surface area (Å²) in [5, 5.41) is 3.59. The van der Waals surface area contributed by atoms with Gasteiger partial charge in [0.25, 0.3) is 0 Å². The van der Waals surface area contributed by atoms with Crippen molar-refractivity contribution in [2.75, 3.05) is 44.7 Å². The van der Waals surface area contributed by atoms with Crippen LogP contribution >= 0.6 is 0 Å². The molecule has 0 spiro atoms. The Kier molecular flexibility index (Phi) is 6.52. The number of aryl methyl sites for hydroxylation is 1. The molecule has 0 aromatic heterocycles. The second kappa shape index (κ2) is 8.40. The van der Waals surface area contributed by atoms with E-state index in [1.165, 1.54) is 49.2 Å². The summed E-state index contributed by atoms with van der Waals surface area (Å²) >= 11 is 0. The first-order valence-corrected chi connectivity index (χ1v) is 8.50. The van der Waals surface area contributed by atoms with Crippen molar-refractivity contribution in [3.63, 3.8) is 0 Å². The van der Waals surface area contributed by atoms with E-state index in [4.69, 9.17) is 0 Å². The molecule has 1 aliphatic rings. The lowest BCUT2D eigenvalue weighted by atomic mass is 9.99. The van der Waals surface area contributed by atoms with Gasteiger partial charge in [0.2, 0.25) is 0 Å². The molecule has 118 valence electrons. The van der Waals surface area contributed by atoms with Crippen LogP contribution in [-0.2, 0) is 13.0 Å². The van der Waals surface area contributed by atoms with E-state index in [2.05, 4.69) is 54.2 Å². The van der Waals surface area contributed by atoms with Crippen molar-refractivity contribution in [2.45, 2.75) is 39.7 Å². The fourth-order valence-electron chi connectivity index (χ4n) is 3.16. The highest BCUT2D eigenvalue weighted by Crippen LogP contribution is 2.26. The number of likely N-dealkylation sites (N-methyl/N-ethyl adjacent to an activating group) is 1. The first kappa shape index (κ1) is 16.3. The Balaban J connectivity index is 1.79. The Morgan fingerprint density at radius 1 is 1.24 bits per heavy atom. The van der Waals surface area contributed by atoms with Crippen LogP contribution in [0.3, 0.4) is 0 Å². The van der Waals surface area contributed by atoms with E-state index in [1.807, 2.05) is 0 Å². The molecule has 3 heteroatoms. The third kappa shape index (κ3) is 4.72. The molecule has 0 fully saturated rings. The summed E-state index contributed by atoms with van der Waals surface area (Å²) in [6, 6.07) is 6.96. The zero-order chi connectivity index (χ0) is 15.1. The molecule has 0 amide bonds. The molecular weight excluding hydrogens is 258 g/mol. The average molecular weight is 289 g/mol. The normalized spacial score (nSPS) is 14.6. The number of nitrogens with one attached hydrogen (secondary N) is 1. The van der Waals surface area contributed by atoms with Crippen LogP contribution in [0.15, 0.2) is 18.2 Å². The van der Waals surface area contributed by atoms with Crippen molar-refractivity contribution < 1.29 is 0 Å². The maximum Gasteiger partial charge on any atom is 0.0396 e. The molecule has 1 heterocycles.